The second-order valence-corrected chi connectivity index (χ2v) is 6.01. The number of likely N-dealkylation sites (tertiary alicyclic amines) is 1. The van der Waals surface area contributed by atoms with E-state index in [1.165, 1.54) is 4.90 Å². The summed E-state index contributed by atoms with van der Waals surface area (Å²) in [7, 11) is 0. The molecule has 0 N–H and O–H groups in total. The van der Waals surface area contributed by atoms with Crippen molar-refractivity contribution in [1.82, 2.24) is 14.7 Å². The Labute approximate surface area is 127 Å². The fourth-order valence-electron chi connectivity index (χ4n) is 2.50. The molecule has 0 saturated carbocycles. The standard InChI is InChI=1S/C14H20BrN3O2/c1-5-10-12(15)11(18(6-2)16-10)7-17-13(19)8(3)9(4)14(17)20/h8-9H,5-7H2,1-4H3. The van der Waals surface area contributed by atoms with Crippen LogP contribution in [0.1, 0.15) is 39.1 Å². The number of hydrogen-bond acceptors (Lipinski definition) is 3. The summed E-state index contributed by atoms with van der Waals surface area (Å²) >= 11 is 3.55. The Morgan fingerprint density at radius 1 is 1.15 bits per heavy atom. The number of aryl methyl sites for hydroxylation is 2. The third-order valence-electron chi connectivity index (χ3n) is 4.06. The summed E-state index contributed by atoms with van der Waals surface area (Å²) < 4.78 is 2.77. The first-order chi connectivity index (χ1) is 9.42. The van der Waals surface area contributed by atoms with Gasteiger partial charge in [-0.2, -0.15) is 5.10 Å². The van der Waals surface area contributed by atoms with Crippen molar-refractivity contribution in [1.29, 1.82) is 0 Å². The van der Waals surface area contributed by atoms with Crippen LogP contribution in [0.25, 0.3) is 0 Å². The largest absolute Gasteiger partial charge is 0.276 e. The molecular weight excluding hydrogens is 322 g/mol. The molecule has 5 nitrogen and oxygen atoms in total. The Hall–Kier alpha value is -1.17. The molecule has 1 fully saturated rings. The minimum absolute atomic E-state index is 0.0868. The van der Waals surface area contributed by atoms with Crippen LogP contribution in [0.5, 0.6) is 0 Å². The fraction of sp³-hybridized carbons (Fsp3) is 0.643. The van der Waals surface area contributed by atoms with Crippen molar-refractivity contribution in [2.45, 2.75) is 47.2 Å². The highest BCUT2D eigenvalue weighted by molar-refractivity contribution is 9.10. The third kappa shape index (κ3) is 2.30. The maximum Gasteiger partial charge on any atom is 0.233 e. The highest BCUT2D eigenvalue weighted by Crippen LogP contribution is 2.30. The molecule has 0 aliphatic carbocycles. The Balaban J connectivity index is 2.33. The fourth-order valence-corrected chi connectivity index (χ4v) is 3.19. The van der Waals surface area contributed by atoms with Crippen LogP contribution in [0.3, 0.4) is 0 Å². The molecule has 1 saturated heterocycles. The average molecular weight is 342 g/mol. The molecule has 0 aromatic carbocycles. The maximum atomic E-state index is 12.2. The van der Waals surface area contributed by atoms with E-state index in [1.807, 2.05) is 32.4 Å². The van der Waals surface area contributed by atoms with E-state index in [1.54, 1.807) is 0 Å². The van der Waals surface area contributed by atoms with Gasteiger partial charge in [-0.25, -0.2) is 0 Å². The molecular formula is C14H20BrN3O2. The topological polar surface area (TPSA) is 55.2 Å². The van der Waals surface area contributed by atoms with Gasteiger partial charge in [0.25, 0.3) is 0 Å². The maximum absolute atomic E-state index is 12.2. The van der Waals surface area contributed by atoms with Crippen molar-refractivity contribution in [2.24, 2.45) is 11.8 Å². The van der Waals surface area contributed by atoms with Crippen molar-refractivity contribution in [3.05, 3.63) is 15.9 Å². The summed E-state index contributed by atoms with van der Waals surface area (Å²) in [4.78, 5) is 25.7. The number of amides is 2. The molecule has 1 aliphatic rings. The van der Waals surface area contributed by atoms with Gasteiger partial charge >= 0.3 is 0 Å². The van der Waals surface area contributed by atoms with E-state index < -0.39 is 0 Å². The van der Waals surface area contributed by atoms with Crippen molar-refractivity contribution in [3.8, 4) is 0 Å². The number of imide groups is 1. The molecule has 0 spiro atoms. The number of rotatable bonds is 4. The summed E-state index contributed by atoms with van der Waals surface area (Å²) in [6, 6.07) is 0. The van der Waals surface area contributed by atoms with Gasteiger partial charge in [-0.05, 0) is 29.3 Å². The Morgan fingerprint density at radius 2 is 1.70 bits per heavy atom. The number of aromatic nitrogens is 2. The zero-order valence-electron chi connectivity index (χ0n) is 12.3. The molecule has 1 aromatic rings. The molecule has 6 heteroatoms. The first kappa shape index (κ1) is 15.2. The molecule has 110 valence electrons. The van der Waals surface area contributed by atoms with Gasteiger partial charge in [-0.1, -0.05) is 20.8 Å². The monoisotopic (exact) mass is 341 g/mol. The lowest BCUT2D eigenvalue weighted by atomic mass is 10.00. The van der Waals surface area contributed by atoms with E-state index >= 15 is 0 Å². The van der Waals surface area contributed by atoms with Gasteiger partial charge in [0.1, 0.15) is 0 Å². The SMILES string of the molecule is CCc1nn(CC)c(CN2C(=O)C(C)C(C)C2=O)c1Br. The summed E-state index contributed by atoms with van der Waals surface area (Å²) in [5.74, 6) is -0.637. The van der Waals surface area contributed by atoms with E-state index in [2.05, 4.69) is 21.0 Å². The quantitative estimate of drug-likeness (QED) is 0.790. The van der Waals surface area contributed by atoms with Gasteiger partial charge < -0.3 is 0 Å². The van der Waals surface area contributed by atoms with Crippen LogP contribution in [0, 0.1) is 11.8 Å². The predicted molar refractivity (Wildman–Crippen MR) is 78.9 cm³/mol. The zero-order chi connectivity index (χ0) is 15.0. The van der Waals surface area contributed by atoms with Gasteiger partial charge in [-0.3, -0.25) is 19.2 Å². The second-order valence-electron chi connectivity index (χ2n) is 5.22. The van der Waals surface area contributed by atoms with Crippen molar-refractivity contribution >= 4 is 27.7 Å². The second kappa shape index (κ2) is 5.68. The van der Waals surface area contributed by atoms with Crippen LogP contribution in [0.15, 0.2) is 4.47 Å². The van der Waals surface area contributed by atoms with E-state index in [4.69, 9.17) is 0 Å². The van der Waals surface area contributed by atoms with Gasteiger partial charge in [0.15, 0.2) is 0 Å². The lowest BCUT2D eigenvalue weighted by Crippen LogP contribution is -2.31. The number of halogens is 1. The highest BCUT2D eigenvalue weighted by atomic mass is 79.9. The highest BCUT2D eigenvalue weighted by Gasteiger charge is 2.42. The van der Waals surface area contributed by atoms with Gasteiger partial charge in [0, 0.05) is 18.4 Å². The first-order valence-corrected chi connectivity index (χ1v) is 7.80. The molecule has 2 amide bonds. The van der Waals surface area contributed by atoms with E-state index in [0.29, 0.717) is 6.54 Å². The molecule has 0 bridgehead atoms. The predicted octanol–water partition coefficient (Wildman–Crippen LogP) is 2.37. The molecule has 0 radical (unpaired) electrons. The van der Waals surface area contributed by atoms with Crippen molar-refractivity contribution in [3.63, 3.8) is 0 Å². The van der Waals surface area contributed by atoms with Crippen LogP contribution in [-0.2, 0) is 29.1 Å². The molecule has 1 aromatic heterocycles. The van der Waals surface area contributed by atoms with Crippen LogP contribution >= 0.6 is 15.9 Å². The smallest absolute Gasteiger partial charge is 0.233 e. The lowest BCUT2D eigenvalue weighted by Gasteiger charge is -2.15. The van der Waals surface area contributed by atoms with Gasteiger partial charge in [0.05, 0.1) is 22.4 Å². The molecule has 2 rings (SSSR count). The zero-order valence-corrected chi connectivity index (χ0v) is 13.9. The summed E-state index contributed by atoms with van der Waals surface area (Å²) in [6.07, 6.45) is 0.815. The number of carbonyl (C=O) groups is 2. The average Bonchev–Trinajstić information content (AvgIpc) is 2.85. The molecule has 20 heavy (non-hydrogen) atoms. The van der Waals surface area contributed by atoms with Crippen LogP contribution in [0.2, 0.25) is 0 Å². The van der Waals surface area contributed by atoms with Gasteiger partial charge in [-0.15, -0.1) is 0 Å². The Kier molecular flexibility index (Phi) is 4.32. The third-order valence-corrected chi connectivity index (χ3v) is 4.98. The van der Waals surface area contributed by atoms with Crippen LogP contribution in [0.4, 0.5) is 0 Å². The van der Waals surface area contributed by atoms with Crippen LogP contribution < -0.4 is 0 Å². The van der Waals surface area contributed by atoms with Crippen molar-refractivity contribution < 1.29 is 9.59 Å². The normalized spacial score (nSPS) is 22.9. The molecule has 2 atom stereocenters. The number of carbonyl (C=O) groups excluding carboxylic acids is 2. The Morgan fingerprint density at radius 3 is 2.15 bits per heavy atom. The van der Waals surface area contributed by atoms with Crippen molar-refractivity contribution in [2.75, 3.05) is 0 Å². The summed E-state index contributed by atoms with van der Waals surface area (Å²) in [6.45, 7) is 8.68. The lowest BCUT2D eigenvalue weighted by molar-refractivity contribution is -0.140. The molecule has 2 unspecified atom stereocenters. The minimum Gasteiger partial charge on any atom is -0.276 e. The summed E-state index contributed by atoms with van der Waals surface area (Å²) in [5.41, 5.74) is 1.86. The molecule has 2 heterocycles. The molecule has 1 aliphatic heterocycles. The van der Waals surface area contributed by atoms with E-state index in [9.17, 15) is 9.59 Å². The van der Waals surface area contributed by atoms with E-state index in [0.717, 1.165) is 28.8 Å². The number of hydrogen-bond donors (Lipinski definition) is 0. The van der Waals surface area contributed by atoms with E-state index in [-0.39, 0.29) is 23.7 Å². The Bertz CT molecular complexity index is 533. The first-order valence-electron chi connectivity index (χ1n) is 7.01. The number of nitrogens with zero attached hydrogens (tertiary/aromatic N) is 3. The summed E-state index contributed by atoms with van der Waals surface area (Å²) in [5, 5.41) is 4.50. The minimum atomic E-state index is -0.232. The van der Waals surface area contributed by atoms with Gasteiger partial charge in [0.2, 0.25) is 11.8 Å². The van der Waals surface area contributed by atoms with Crippen LogP contribution in [-0.4, -0.2) is 26.5 Å².